The van der Waals surface area contributed by atoms with Crippen molar-refractivity contribution in [3.05, 3.63) is 53.7 Å². The van der Waals surface area contributed by atoms with Gasteiger partial charge < -0.3 is 20.9 Å². The Kier molecular flexibility index (Phi) is 9.01. The summed E-state index contributed by atoms with van der Waals surface area (Å²) in [4.78, 5) is 53.6. The molecule has 0 saturated carbocycles. The number of amides is 4. The van der Waals surface area contributed by atoms with E-state index in [4.69, 9.17) is 0 Å². The lowest BCUT2D eigenvalue weighted by Gasteiger charge is -2.25. The first-order valence-corrected chi connectivity index (χ1v) is 12.0. The molecule has 0 aliphatic carbocycles. The monoisotopic (exact) mass is 466 g/mol. The lowest BCUT2D eigenvalue weighted by molar-refractivity contribution is -0.138. The molecule has 2 atom stereocenters. The number of fused-ring (bicyclic) bond motifs is 1. The predicted molar refractivity (Wildman–Crippen MR) is 130 cm³/mol. The maximum atomic E-state index is 13.3. The second-order valence-electron chi connectivity index (χ2n) is 9.11. The first-order valence-electron chi connectivity index (χ1n) is 12.0. The predicted octanol–water partition coefficient (Wildman–Crippen LogP) is 2.13. The molecule has 2 aliphatic heterocycles. The van der Waals surface area contributed by atoms with Crippen molar-refractivity contribution < 1.29 is 19.2 Å². The molecule has 0 radical (unpaired) electrons. The molecule has 0 unspecified atom stereocenters. The van der Waals surface area contributed by atoms with Gasteiger partial charge >= 0.3 is 0 Å². The summed E-state index contributed by atoms with van der Waals surface area (Å²) in [6.45, 7) is 4.80. The van der Waals surface area contributed by atoms with E-state index in [1.165, 1.54) is 0 Å². The van der Waals surface area contributed by atoms with Crippen molar-refractivity contribution in [3.8, 4) is 0 Å². The lowest BCUT2D eigenvalue weighted by atomic mass is 10.0. The average molecular weight is 467 g/mol. The quantitative estimate of drug-likeness (QED) is 0.469. The molecule has 1 aromatic carbocycles. The summed E-state index contributed by atoms with van der Waals surface area (Å²) in [5, 5.41) is 8.37. The van der Waals surface area contributed by atoms with E-state index >= 15 is 0 Å². The Bertz CT molecular complexity index is 955. The van der Waals surface area contributed by atoms with Crippen molar-refractivity contribution in [1.29, 1.82) is 0 Å². The van der Waals surface area contributed by atoms with Gasteiger partial charge in [0.15, 0.2) is 0 Å². The van der Waals surface area contributed by atoms with Gasteiger partial charge in [0.2, 0.25) is 17.7 Å². The fraction of sp³-hybridized carbons (Fsp3) is 0.462. The van der Waals surface area contributed by atoms with Crippen molar-refractivity contribution in [1.82, 2.24) is 20.9 Å². The van der Waals surface area contributed by atoms with Gasteiger partial charge in [0.05, 0.1) is 0 Å². The van der Waals surface area contributed by atoms with E-state index in [0.717, 1.165) is 12.0 Å². The Balaban J connectivity index is 1.93. The van der Waals surface area contributed by atoms with Crippen LogP contribution in [0.1, 0.15) is 51.5 Å². The van der Waals surface area contributed by atoms with E-state index in [2.05, 4.69) is 16.0 Å². The SMILES string of the molecule is CC(C)C[C@@H]1NC(=O)/C(=C/c2ccccc2)NC(=O)[C@@H]2CCCN2C(=O)CC/C=C/CNC1=O. The third kappa shape index (κ3) is 7.04. The van der Waals surface area contributed by atoms with Crippen LogP contribution in [0.4, 0.5) is 0 Å². The molecule has 8 nitrogen and oxygen atoms in total. The Hall–Kier alpha value is -3.42. The maximum Gasteiger partial charge on any atom is 0.268 e. The number of rotatable bonds is 3. The molecule has 0 aromatic heterocycles. The lowest BCUT2D eigenvalue weighted by Crippen LogP contribution is -2.51. The van der Waals surface area contributed by atoms with E-state index in [1.54, 1.807) is 17.1 Å². The van der Waals surface area contributed by atoms with Gasteiger partial charge in [-0.2, -0.15) is 0 Å². The third-order valence-electron chi connectivity index (χ3n) is 5.90. The first-order chi connectivity index (χ1) is 16.3. The normalized spacial score (nSPS) is 25.0. The Morgan fingerprint density at radius 3 is 2.56 bits per heavy atom. The minimum Gasteiger partial charge on any atom is -0.351 e. The van der Waals surface area contributed by atoms with Gasteiger partial charge in [-0.05, 0) is 43.2 Å². The van der Waals surface area contributed by atoms with Gasteiger partial charge in [-0.1, -0.05) is 56.3 Å². The van der Waals surface area contributed by atoms with Crippen LogP contribution in [0, 0.1) is 5.92 Å². The van der Waals surface area contributed by atoms with Gasteiger partial charge in [-0.25, -0.2) is 0 Å². The van der Waals surface area contributed by atoms with Crippen molar-refractivity contribution in [2.75, 3.05) is 13.1 Å². The van der Waals surface area contributed by atoms with Crippen LogP contribution in [0.2, 0.25) is 0 Å². The number of nitrogens with zero attached hydrogens (tertiary/aromatic N) is 1. The summed E-state index contributed by atoms with van der Waals surface area (Å²) in [5.41, 5.74) is 0.778. The molecule has 1 saturated heterocycles. The van der Waals surface area contributed by atoms with E-state index in [1.807, 2.05) is 50.3 Å². The summed E-state index contributed by atoms with van der Waals surface area (Å²) < 4.78 is 0. The number of allylic oxidation sites excluding steroid dienone is 1. The molecular weight excluding hydrogens is 432 g/mol. The summed E-state index contributed by atoms with van der Waals surface area (Å²) in [6.07, 6.45) is 7.81. The number of carbonyl (C=O) groups excluding carboxylic acids is 4. The summed E-state index contributed by atoms with van der Waals surface area (Å²) in [6, 6.07) is 7.81. The Labute approximate surface area is 200 Å². The first kappa shape index (κ1) is 25.2. The highest BCUT2D eigenvalue weighted by Crippen LogP contribution is 2.20. The summed E-state index contributed by atoms with van der Waals surface area (Å²) in [5.74, 6) is -1.14. The highest BCUT2D eigenvalue weighted by Gasteiger charge is 2.35. The van der Waals surface area contributed by atoms with Crippen LogP contribution in [-0.4, -0.2) is 53.7 Å². The molecular formula is C26H34N4O4. The highest BCUT2D eigenvalue weighted by molar-refractivity contribution is 6.04. The standard InChI is InChI=1S/C26H34N4O4/c1-18(2)16-20-24(32)27-14-8-4-7-13-23(31)30-15-9-12-22(30)26(34)29-21(25(33)28-20)17-19-10-5-3-6-11-19/h3-6,8,10-11,17-18,20,22H,7,9,12-16H2,1-2H3,(H,27,32)(H,28,33)(H,29,34)/b8-4+,21-17-/t20-,22-/m0/s1. The van der Waals surface area contributed by atoms with Crippen molar-refractivity contribution in [2.24, 2.45) is 5.92 Å². The summed E-state index contributed by atoms with van der Waals surface area (Å²) >= 11 is 0. The molecule has 2 heterocycles. The van der Waals surface area contributed by atoms with E-state index in [9.17, 15) is 19.2 Å². The van der Waals surface area contributed by atoms with Crippen LogP contribution in [-0.2, 0) is 19.2 Å². The fourth-order valence-electron chi connectivity index (χ4n) is 4.20. The third-order valence-corrected chi connectivity index (χ3v) is 5.90. The zero-order valence-electron chi connectivity index (χ0n) is 19.9. The van der Waals surface area contributed by atoms with Gasteiger partial charge in [0, 0.05) is 19.5 Å². The second kappa shape index (κ2) is 12.2. The molecule has 8 heteroatoms. The molecule has 1 aromatic rings. The molecule has 0 spiro atoms. The van der Waals surface area contributed by atoms with Gasteiger partial charge in [0.25, 0.3) is 5.91 Å². The number of hydrogen-bond donors (Lipinski definition) is 3. The van der Waals surface area contributed by atoms with Crippen molar-refractivity contribution in [2.45, 2.75) is 58.0 Å². The number of nitrogens with one attached hydrogen (secondary N) is 3. The van der Waals surface area contributed by atoms with Gasteiger partial charge in [0.1, 0.15) is 17.8 Å². The van der Waals surface area contributed by atoms with Crippen molar-refractivity contribution in [3.63, 3.8) is 0 Å². The van der Waals surface area contributed by atoms with Crippen LogP contribution >= 0.6 is 0 Å². The van der Waals surface area contributed by atoms with Crippen LogP contribution < -0.4 is 16.0 Å². The highest BCUT2D eigenvalue weighted by atomic mass is 16.2. The van der Waals surface area contributed by atoms with Crippen LogP contribution in [0.5, 0.6) is 0 Å². The molecule has 3 N–H and O–H groups in total. The summed E-state index contributed by atoms with van der Waals surface area (Å²) in [7, 11) is 0. The smallest absolute Gasteiger partial charge is 0.268 e. The molecule has 34 heavy (non-hydrogen) atoms. The molecule has 2 aliphatic rings. The topological polar surface area (TPSA) is 108 Å². The number of carbonyl (C=O) groups is 4. The van der Waals surface area contributed by atoms with E-state index < -0.39 is 23.9 Å². The Morgan fingerprint density at radius 2 is 1.82 bits per heavy atom. The van der Waals surface area contributed by atoms with E-state index in [-0.39, 0.29) is 29.9 Å². The largest absolute Gasteiger partial charge is 0.351 e. The minimum atomic E-state index is -0.741. The van der Waals surface area contributed by atoms with Gasteiger partial charge in [-0.3, -0.25) is 19.2 Å². The zero-order valence-corrected chi connectivity index (χ0v) is 19.9. The average Bonchev–Trinajstić information content (AvgIpc) is 3.30. The van der Waals surface area contributed by atoms with Crippen LogP contribution in [0.3, 0.4) is 0 Å². The van der Waals surface area contributed by atoms with Crippen molar-refractivity contribution >= 4 is 29.7 Å². The molecule has 182 valence electrons. The zero-order chi connectivity index (χ0) is 24.5. The minimum absolute atomic E-state index is 0.0454. The maximum absolute atomic E-state index is 13.3. The fourth-order valence-corrected chi connectivity index (χ4v) is 4.20. The molecule has 3 rings (SSSR count). The van der Waals surface area contributed by atoms with Crippen LogP contribution in [0.25, 0.3) is 6.08 Å². The number of benzene rings is 1. The molecule has 4 amide bonds. The molecule has 0 bridgehead atoms. The van der Waals surface area contributed by atoms with Gasteiger partial charge in [-0.15, -0.1) is 0 Å². The van der Waals surface area contributed by atoms with Crippen LogP contribution in [0.15, 0.2) is 48.2 Å². The molecule has 1 fully saturated rings. The Morgan fingerprint density at radius 1 is 1.06 bits per heavy atom. The van der Waals surface area contributed by atoms with E-state index in [0.29, 0.717) is 32.4 Å². The number of hydrogen-bond acceptors (Lipinski definition) is 4. The second-order valence-corrected chi connectivity index (χ2v) is 9.11.